The first kappa shape index (κ1) is 16.7. The number of piperidine rings is 1. The number of halogens is 2. The lowest BCUT2D eigenvalue weighted by molar-refractivity contribution is 0.333. The lowest BCUT2D eigenvalue weighted by Crippen LogP contribution is -2.35. The fourth-order valence-corrected chi connectivity index (χ4v) is 3.30. The summed E-state index contributed by atoms with van der Waals surface area (Å²) in [6.07, 6.45) is 1.85. The van der Waals surface area contributed by atoms with Crippen LogP contribution in [-0.2, 0) is 0 Å². The van der Waals surface area contributed by atoms with Crippen LogP contribution in [0.2, 0.25) is 5.15 Å². The summed E-state index contributed by atoms with van der Waals surface area (Å²) in [7, 11) is 0. The van der Waals surface area contributed by atoms with Crippen molar-refractivity contribution in [1.29, 1.82) is 0 Å². The molecule has 1 atom stereocenters. The fourth-order valence-electron chi connectivity index (χ4n) is 3.12. The van der Waals surface area contributed by atoms with E-state index < -0.39 is 0 Å². The maximum Gasteiger partial charge on any atom is 0.231 e. The zero-order valence-corrected chi connectivity index (χ0v) is 14.5. The van der Waals surface area contributed by atoms with Crippen molar-refractivity contribution in [2.24, 2.45) is 0 Å². The highest BCUT2D eigenvalue weighted by atomic mass is 35.5. The van der Waals surface area contributed by atoms with Crippen molar-refractivity contribution in [3.63, 3.8) is 0 Å². The average Bonchev–Trinajstić information content (AvgIpc) is 3.11. The summed E-state index contributed by atoms with van der Waals surface area (Å²) in [4.78, 5) is 14.7. The second-order valence-corrected chi connectivity index (χ2v) is 6.55. The van der Waals surface area contributed by atoms with E-state index in [0.29, 0.717) is 34.8 Å². The molecule has 1 unspecified atom stereocenters. The molecule has 134 valence electrons. The molecule has 0 aliphatic carbocycles. The molecule has 0 saturated carbocycles. The molecule has 26 heavy (non-hydrogen) atoms. The van der Waals surface area contributed by atoms with Crippen LogP contribution in [0.3, 0.4) is 0 Å². The zero-order valence-electron chi connectivity index (χ0n) is 13.8. The number of nitrogen functional groups attached to an aromatic ring is 1. The van der Waals surface area contributed by atoms with E-state index in [4.69, 9.17) is 21.9 Å². The molecule has 0 radical (unpaired) electrons. The predicted octanol–water partition coefficient (Wildman–Crippen LogP) is 3.29. The summed E-state index contributed by atoms with van der Waals surface area (Å²) in [5, 5.41) is 4.30. The highest BCUT2D eigenvalue weighted by Crippen LogP contribution is 2.30. The number of hydrogen-bond acceptors (Lipinski definition) is 7. The molecule has 1 saturated heterocycles. The third-order valence-electron chi connectivity index (χ3n) is 4.32. The molecular formula is C17H16ClFN6O. The minimum atomic E-state index is -0.337. The van der Waals surface area contributed by atoms with Gasteiger partial charge in [-0.15, -0.1) is 0 Å². The SMILES string of the molecule is Nc1nc(Cl)cc(N2CCCC(c3nc(-c4cccc(F)c4)no3)C2)n1. The Balaban J connectivity index is 1.55. The van der Waals surface area contributed by atoms with Gasteiger partial charge in [0.25, 0.3) is 0 Å². The summed E-state index contributed by atoms with van der Waals surface area (Å²) in [6, 6.07) is 7.81. The van der Waals surface area contributed by atoms with Crippen molar-refractivity contribution in [2.45, 2.75) is 18.8 Å². The molecule has 7 nitrogen and oxygen atoms in total. The number of anilines is 2. The number of nitrogens with two attached hydrogens (primary N) is 1. The molecule has 1 aromatic carbocycles. The topological polar surface area (TPSA) is 94.0 Å². The van der Waals surface area contributed by atoms with Gasteiger partial charge >= 0.3 is 0 Å². The lowest BCUT2D eigenvalue weighted by atomic mass is 9.98. The summed E-state index contributed by atoms with van der Waals surface area (Å²) in [5.41, 5.74) is 6.27. The van der Waals surface area contributed by atoms with Crippen LogP contribution in [0.15, 0.2) is 34.9 Å². The smallest absolute Gasteiger partial charge is 0.231 e. The molecule has 0 spiro atoms. The van der Waals surface area contributed by atoms with Gasteiger partial charge in [0.1, 0.15) is 16.8 Å². The number of nitrogens with zero attached hydrogens (tertiary/aromatic N) is 5. The lowest BCUT2D eigenvalue weighted by Gasteiger charge is -2.31. The summed E-state index contributed by atoms with van der Waals surface area (Å²) in [6.45, 7) is 1.48. The molecule has 2 aromatic heterocycles. The van der Waals surface area contributed by atoms with Crippen LogP contribution in [-0.4, -0.2) is 33.2 Å². The Bertz CT molecular complexity index is 913. The van der Waals surface area contributed by atoms with E-state index in [-0.39, 0.29) is 17.7 Å². The Labute approximate surface area is 154 Å². The van der Waals surface area contributed by atoms with Crippen molar-refractivity contribution >= 4 is 23.4 Å². The molecule has 4 rings (SSSR count). The van der Waals surface area contributed by atoms with Crippen molar-refractivity contribution in [1.82, 2.24) is 20.1 Å². The van der Waals surface area contributed by atoms with Crippen LogP contribution >= 0.6 is 11.6 Å². The first-order valence-electron chi connectivity index (χ1n) is 8.23. The van der Waals surface area contributed by atoms with Crippen molar-refractivity contribution < 1.29 is 8.91 Å². The van der Waals surface area contributed by atoms with Gasteiger partial charge < -0.3 is 15.2 Å². The van der Waals surface area contributed by atoms with Gasteiger partial charge in [-0.2, -0.15) is 9.97 Å². The maximum atomic E-state index is 13.4. The monoisotopic (exact) mass is 374 g/mol. The summed E-state index contributed by atoms with van der Waals surface area (Å²) in [5.74, 6) is 1.44. The third kappa shape index (κ3) is 3.45. The second-order valence-electron chi connectivity index (χ2n) is 6.16. The Morgan fingerprint density at radius 3 is 2.92 bits per heavy atom. The van der Waals surface area contributed by atoms with Crippen LogP contribution in [0, 0.1) is 5.82 Å². The van der Waals surface area contributed by atoms with Gasteiger partial charge in [-0.25, -0.2) is 9.37 Å². The standard InChI is InChI=1S/C17H16ClFN6O/c18-13-8-14(22-17(20)21-13)25-6-2-4-11(9-25)16-23-15(24-26-16)10-3-1-5-12(19)7-10/h1,3,5,7-8,11H,2,4,6,9H2,(H2,20,21,22). The van der Waals surface area contributed by atoms with Crippen LogP contribution in [0.4, 0.5) is 16.2 Å². The minimum Gasteiger partial charge on any atom is -0.368 e. The van der Waals surface area contributed by atoms with Crippen LogP contribution in [0.5, 0.6) is 0 Å². The Kier molecular flexibility index (Phi) is 4.42. The van der Waals surface area contributed by atoms with Gasteiger partial charge in [0.15, 0.2) is 0 Å². The van der Waals surface area contributed by atoms with Gasteiger partial charge in [-0.1, -0.05) is 28.9 Å². The zero-order chi connectivity index (χ0) is 18.1. The Morgan fingerprint density at radius 1 is 1.23 bits per heavy atom. The van der Waals surface area contributed by atoms with Crippen LogP contribution in [0.25, 0.3) is 11.4 Å². The molecule has 3 heterocycles. The van der Waals surface area contributed by atoms with Crippen molar-refractivity contribution in [3.8, 4) is 11.4 Å². The molecule has 9 heteroatoms. The molecule has 1 fully saturated rings. The van der Waals surface area contributed by atoms with Crippen LogP contribution in [0.1, 0.15) is 24.7 Å². The Morgan fingerprint density at radius 2 is 2.12 bits per heavy atom. The van der Waals surface area contributed by atoms with Gasteiger partial charge in [0.05, 0.1) is 5.92 Å². The number of rotatable bonds is 3. The number of benzene rings is 1. The highest BCUT2D eigenvalue weighted by Gasteiger charge is 2.27. The predicted molar refractivity (Wildman–Crippen MR) is 95.3 cm³/mol. The Hall–Kier alpha value is -2.74. The third-order valence-corrected chi connectivity index (χ3v) is 4.51. The normalized spacial score (nSPS) is 17.5. The second kappa shape index (κ2) is 6.87. The molecule has 3 aromatic rings. The molecule has 1 aliphatic heterocycles. The van der Waals surface area contributed by atoms with E-state index >= 15 is 0 Å². The van der Waals surface area contributed by atoms with Crippen molar-refractivity contribution in [3.05, 3.63) is 47.2 Å². The van der Waals surface area contributed by atoms with Gasteiger partial charge in [-0.05, 0) is 25.0 Å². The van der Waals surface area contributed by atoms with Crippen molar-refractivity contribution in [2.75, 3.05) is 23.7 Å². The first-order chi connectivity index (χ1) is 12.6. The molecular weight excluding hydrogens is 359 g/mol. The molecule has 2 N–H and O–H groups in total. The number of hydrogen-bond donors (Lipinski definition) is 1. The van der Waals surface area contributed by atoms with Gasteiger partial charge in [0.2, 0.25) is 17.7 Å². The fraction of sp³-hybridized carbons (Fsp3) is 0.294. The minimum absolute atomic E-state index is 0.0496. The molecule has 0 amide bonds. The van der Waals surface area contributed by atoms with E-state index in [0.717, 1.165) is 19.4 Å². The van der Waals surface area contributed by atoms with E-state index in [1.807, 2.05) is 0 Å². The average molecular weight is 375 g/mol. The maximum absolute atomic E-state index is 13.4. The largest absolute Gasteiger partial charge is 0.368 e. The number of aromatic nitrogens is 4. The van der Waals surface area contributed by atoms with Crippen LogP contribution < -0.4 is 10.6 Å². The van der Waals surface area contributed by atoms with E-state index in [1.54, 1.807) is 18.2 Å². The quantitative estimate of drug-likeness (QED) is 0.703. The summed E-state index contributed by atoms with van der Waals surface area (Å²) >= 11 is 5.98. The van der Waals surface area contributed by atoms with Gasteiger partial charge in [-0.3, -0.25) is 0 Å². The van der Waals surface area contributed by atoms with E-state index in [1.165, 1.54) is 12.1 Å². The molecule has 0 bridgehead atoms. The van der Waals surface area contributed by atoms with E-state index in [2.05, 4.69) is 25.0 Å². The van der Waals surface area contributed by atoms with E-state index in [9.17, 15) is 4.39 Å². The first-order valence-corrected chi connectivity index (χ1v) is 8.61. The summed E-state index contributed by atoms with van der Waals surface area (Å²) < 4.78 is 18.8. The highest BCUT2D eigenvalue weighted by molar-refractivity contribution is 6.29. The van der Waals surface area contributed by atoms with Gasteiger partial charge in [0, 0.05) is 24.7 Å². The molecule has 1 aliphatic rings.